The van der Waals surface area contributed by atoms with Gasteiger partial charge in [-0.15, -0.1) is 0 Å². The number of carbonyl (C=O) groups is 1. The van der Waals surface area contributed by atoms with Crippen molar-refractivity contribution in [3.8, 4) is 0 Å². The maximum atomic E-state index is 13.9. The highest BCUT2D eigenvalue weighted by molar-refractivity contribution is 9.10. The van der Waals surface area contributed by atoms with Crippen molar-refractivity contribution in [3.63, 3.8) is 0 Å². The third-order valence-corrected chi connectivity index (χ3v) is 3.55. The van der Waals surface area contributed by atoms with E-state index < -0.39 is 16.6 Å². The summed E-state index contributed by atoms with van der Waals surface area (Å²) >= 11 is 3.02. The van der Waals surface area contributed by atoms with Crippen LogP contribution in [0.4, 0.5) is 15.8 Å². The van der Waals surface area contributed by atoms with Crippen molar-refractivity contribution in [2.75, 3.05) is 11.9 Å². The van der Waals surface area contributed by atoms with Gasteiger partial charge >= 0.3 is 0 Å². The zero-order valence-corrected chi connectivity index (χ0v) is 12.5. The quantitative estimate of drug-likeness (QED) is 0.623. The Morgan fingerprint density at radius 3 is 2.43 bits per heavy atom. The molecule has 0 N–H and O–H groups in total. The number of nitro benzene ring substituents is 1. The van der Waals surface area contributed by atoms with Crippen LogP contribution in [0.15, 0.2) is 46.9 Å². The smallest absolute Gasteiger partial charge is 0.269 e. The lowest BCUT2D eigenvalue weighted by atomic mass is 10.1. The van der Waals surface area contributed by atoms with Crippen molar-refractivity contribution in [2.45, 2.75) is 0 Å². The number of nitro groups is 1. The lowest BCUT2D eigenvalue weighted by Crippen LogP contribution is -2.27. The summed E-state index contributed by atoms with van der Waals surface area (Å²) in [5, 5.41) is 10.6. The molecule has 0 heterocycles. The number of nitrogens with zero attached hydrogens (tertiary/aromatic N) is 2. The fourth-order valence-corrected chi connectivity index (χ4v) is 2.13. The van der Waals surface area contributed by atoms with Crippen LogP contribution < -0.4 is 4.90 Å². The van der Waals surface area contributed by atoms with Crippen molar-refractivity contribution >= 4 is 33.2 Å². The molecule has 0 aromatic heterocycles. The molecular formula is C14H10BrFN2O3. The summed E-state index contributed by atoms with van der Waals surface area (Å²) in [6.45, 7) is 0. The van der Waals surface area contributed by atoms with E-state index in [1.807, 2.05) is 0 Å². The van der Waals surface area contributed by atoms with Gasteiger partial charge in [0.2, 0.25) is 0 Å². The first-order valence-electron chi connectivity index (χ1n) is 5.88. The summed E-state index contributed by atoms with van der Waals surface area (Å²) in [6, 6.07) is 9.89. The molecule has 0 radical (unpaired) electrons. The van der Waals surface area contributed by atoms with Gasteiger partial charge in [0.05, 0.1) is 15.0 Å². The third kappa shape index (κ3) is 3.08. The van der Waals surface area contributed by atoms with Gasteiger partial charge in [0.1, 0.15) is 5.82 Å². The Hall–Kier alpha value is -2.28. The summed E-state index contributed by atoms with van der Waals surface area (Å²) in [6.07, 6.45) is 0. The van der Waals surface area contributed by atoms with Gasteiger partial charge in [0.15, 0.2) is 0 Å². The normalized spacial score (nSPS) is 10.2. The molecule has 0 bridgehead atoms. The molecular weight excluding hydrogens is 343 g/mol. The average molecular weight is 353 g/mol. The number of carbonyl (C=O) groups excluding carboxylic acids is 1. The minimum atomic E-state index is -0.642. The fourth-order valence-electron chi connectivity index (χ4n) is 1.76. The van der Waals surface area contributed by atoms with E-state index in [1.54, 1.807) is 6.07 Å². The number of anilines is 1. The number of halogens is 2. The Kier molecular flexibility index (Phi) is 4.32. The van der Waals surface area contributed by atoms with Crippen LogP contribution in [0, 0.1) is 15.9 Å². The molecule has 2 aromatic rings. The van der Waals surface area contributed by atoms with Crippen molar-refractivity contribution in [1.29, 1.82) is 0 Å². The highest BCUT2D eigenvalue weighted by Crippen LogP contribution is 2.23. The van der Waals surface area contributed by atoms with Crippen LogP contribution in [0.1, 0.15) is 10.4 Å². The molecule has 0 aliphatic rings. The molecule has 21 heavy (non-hydrogen) atoms. The zero-order valence-electron chi connectivity index (χ0n) is 10.9. The van der Waals surface area contributed by atoms with Crippen LogP contribution in [-0.4, -0.2) is 17.9 Å². The van der Waals surface area contributed by atoms with E-state index in [2.05, 4.69) is 15.9 Å². The van der Waals surface area contributed by atoms with Crippen molar-refractivity contribution in [3.05, 3.63) is 68.4 Å². The molecule has 0 spiro atoms. The first-order valence-corrected chi connectivity index (χ1v) is 6.67. The second-order valence-corrected chi connectivity index (χ2v) is 5.09. The molecule has 0 saturated carbocycles. The number of rotatable bonds is 3. The highest BCUT2D eigenvalue weighted by Gasteiger charge is 2.19. The van der Waals surface area contributed by atoms with E-state index in [0.717, 1.165) is 0 Å². The second-order valence-electron chi connectivity index (χ2n) is 4.24. The van der Waals surface area contributed by atoms with Crippen LogP contribution in [-0.2, 0) is 0 Å². The molecule has 0 saturated heterocycles. The first-order chi connectivity index (χ1) is 9.91. The van der Waals surface area contributed by atoms with Gasteiger partial charge in [-0.25, -0.2) is 4.39 Å². The Morgan fingerprint density at radius 2 is 1.86 bits per heavy atom. The Balaban J connectivity index is 2.30. The Labute approximate surface area is 128 Å². The number of non-ortho nitro benzene ring substituents is 1. The summed E-state index contributed by atoms with van der Waals surface area (Å²) in [5.74, 6) is -1.18. The maximum Gasteiger partial charge on any atom is 0.269 e. The minimum absolute atomic E-state index is 0.0757. The number of hydrogen-bond acceptors (Lipinski definition) is 3. The SMILES string of the molecule is CN(C(=O)c1cccc(Br)c1F)c1ccc([N+](=O)[O-])cc1. The molecule has 2 aromatic carbocycles. The summed E-state index contributed by atoms with van der Waals surface area (Å²) < 4.78 is 14.1. The summed E-state index contributed by atoms with van der Waals surface area (Å²) in [7, 11) is 1.48. The number of hydrogen-bond donors (Lipinski definition) is 0. The van der Waals surface area contributed by atoms with Gasteiger partial charge < -0.3 is 4.90 Å². The molecule has 108 valence electrons. The maximum absolute atomic E-state index is 13.9. The van der Waals surface area contributed by atoms with Gasteiger partial charge in [0.25, 0.3) is 11.6 Å². The highest BCUT2D eigenvalue weighted by atomic mass is 79.9. The standard InChI is InChI=1S/C14H10BrFN2O3/c1-17(9-5-7-10(8-6-9)18(20)21)14(19)11-3-2-4-12(15)13(11)16/h2-8H,1H3. The van der Waals surface area contributed by atoms with Crippen LogP contribution in [0.25, 0.3) is 0 Å². The largest absolute Gasteiger partial charge is 0.311 e. The Morgan fingerprint density at radius 1 is 1.24 bits per heavy atom. The first kappa shape index (κ1) is 15.1. The summed E-state index contributed by atoms with van der Waals surface area (Å²) in [5.41, 5.74) is 0.281. The Bertz CT molecular complexity index is 704. The summed E-state index contributed by atoms with van der Waals surface area (Å²) in [4.78, 5) is 23.6. The van der Waals surface area contributed by atoms with Crippen molar-refractivity contribution < 1.29 is 14.1 Å². The van der Waals surface area contributed by atoms with Crippen molar-refractivity contribution in [1.82, 2.24) is 0 Å². The molecule has 0 unspecified atom stereocenters. The predicted molar refractivity (Wildman–Crippen MR) is 79.9 cm³/mol. The van der Waals surface area contributed by atoms with Crippen LogP contribution >= 0.6 is 15.9 Å². The molecule has 1 amide bonds. The fraction of sp³-hybridized carbons (Fsp3) is 0.0714. The molecule has 5 nitrogen and oxygen atoms in total. The third-order valence-electron chi connectivity index (χ3n) is 2.93. The average Bonchev–Trinajstić information content (AvgIpc) is 2.48. The van der Waals surface area contributed by atoms with Gasteiger partial charge in [-0.1, -0.05) is 6.07 Å². The van der Waals surface area contributed by atoms with Gasteiger partial charge in [-0.05, 0) is 40.2 Å². The van der Waals surface area contributed by atoms with E-state index in [1.165, 1.54) is 48.3 Å². The van der Waals surface area contributed by atoms with Gasteiger partial charge in [-0.3, -0.25) is 14.9 Å². The lowest BCUT2D eigenvalue weighted by Gasteiger charge is -2.17. The second kappa shape index (κ2) is 6.01. The van der Waals surface area contributed by atoms with Crippen LogP contribution in [0.5, 0.6) is 0 Å². The topological polar surface area (TPSA) is 63.5 Å². The lowest BCUT2D eigenvalue weighted by molar-refractivity contribution is -0.384. The van der Waals surface area contributed by atoms with E-state index in [4.69, 9.17) is 0 Å². The molecule has 0 atom stereocenters. The van der Waals surface area contributed by atoms with Crippen molar-refractivity contribution in [2.24, 2.45) is 0 Å². The van der Waals surface area contributed by atoms with E-state index in [9.17, 15) is 19.3 Å². The molecule has 0 aliphatic carbocycles. The van der Waals surface area contributed by atoms with Crippen LogP contribution in [0.3, 0.4) is 0 Å². The van der Waals surface area contributed by atoms with E-state index in [-0.39, 0.29) is 15.7 Å². The minimum Gasteiger partial charge on any atom is -0.311 e. The number of amides is 1. The molecule has 7 heteroatoms. The van der Waals surface area contributed by atoms with E-state index in [0.29, 0.717) is 5.69 Å². The molecule has 0 fully saturated rings. The zero-order chi connectivity index (χ0) is 15.6. The predicted octanol–water partition coefficient (Wildman–Crippen LogP) is 3.77. The molecule has 2 rings (SSSR count). The van der Waals surface area contributed by atoms with E-state index >= 15 is 0 Å². The van der Waals surface area contributed by atoms with Gasteiger partial charge in [-0.2, -0.15) is 0 Å². The number of benzene rings is 2. The molecule has 0 aliphatic heterocycles. The van der Waals surface area contributed by atoms with Crippen LogP contribution in [0.2, 0.25) is 0 Å². The monoisotopic (exact) mass is 352 g/mol. The van der Waals surface area contributed by atoms with Gasteiger partial charge in [0, 0.05) is 24.9 Å².